The molecule has 0 bridgehead atoms. The van der Waals surface area contributed by atoms with Crippen molar-refractivity contribution in [2.45, 2.75) is 6.54 Å². The summed E-state index contributed by atoms with van der Waals surface area (Å²) in [4.78, 5) is 10.8. The van der Waals surface area contributed by atoms with Gasteiger partial charge in [-0.05, 0) is 18.2 Å². The van der Waals surface area contributed by atoms with Crippen molar-refractivity contribution in [3.05, 3.63) is 84.4 Å². The van der Waals surface area contributed by atoms with Crippen LogP contribution in [0, 0.1) is 0 Å². The van der Waals surface area contributed by atoms with Crippen molar-refractivity contribution in [1.82, 2.24) is 14.9 Å². The summed E-state index contributed by atoms with van der Waals surface area (Å²) in [5.74, 6) is 1.11. The molecule has 156 valence electrons. The number of benzene rings is 3. The Morgan fingerprint density at radius 1 is 0.839 bits per heavy atom. The van der Waals surface area contributed by atoms with E-state index in [9.17, 15) is 5.11 Å². The van der Waals surface area contributed by atoms with Gasteiger partial charge in [0, 0.05) is 41.9 Å². The number of ether oxygens (including phenoxy) is 1. The molecule has 0 atom stereocenters. The summed E-state index contributed by atoms with van der Waals surface area (Å²) >= 11 is 0. The zero-order valence-corrected chi connectivity index (χ0v) is 17.3. The third-order valence-electron chi connectivity index (χ3n) is 5.66. The number of H-pyrrole nitrogens is 1. The maximum Gasteiger partial charge on any atom is 0.138 e. The largest absolute Gasteiger partial charge is 0.508 e. The van der Waals surface area contributed by atoms with Crippen molar-refractivity contribution in [2.75, 3.05) is 26.3 Å². The molecule has 0 amide bonds. The van der Waals surface area contributed by atoms with Gasteiger partial charge in [0.1, 0.15) is 11.6 Å². The van der Waals surface area contributed by atoms with E-state index in [1.807, 2.05) is 48.5 Å². The van der Waals surface area contributed by atoms with Crippen molar-refractivity contribution in [3.8, 4) is 39.7 Å². The Kier molecular flexibility index (Phi) is 5.52. The summed E-state index contributed by atoms with van der Waals surface area (Å²) in [7, 11) is 0. The number of nitrogens with one attached hydrogen (secondary N) is 1. The fourth-order valence-corrected chi connectivity index (χ4v) is 3.99. The second kappa shape index (κ2) is 8.76. The van der Waals surface area contributed by atoms with Crippen LogP contribution in [0.2, 0.25) is 0 Å². The predicted octanol–water partition coefficient (Wildman–Crippen LogP) is 4.95. The van der Waals surface area contributed by atoms with Crippen LogP contribution in [-0.4, -0.2) is 46.3 Å². The Labute approximate surface area is 182 Å². The molecule has 5 heteroatoms. The van der Waals surface area contributed by atoms with Gasteiger partial charge in [-0.3, -0.25) is 4.90 Å². The van der Waals surface area contributed by atoms with E-state index < -0.39 is 0 Å². The SMILES string of the molecule is Oc1ccc(-c2nc(-c3ccccc3)c(-c3ccccc3)[nH]2)cc1CN1CCOCC1. The van der Waals surface area contributed by atoms with E-state index in [1.54, 1.807) is 6.07 Å². The first-order chi connectivity index (χ1) is 15.3. The molecule has 1 aliphatic rings. The first-order valence-electron chi connectivity index (χ1n) is 10.6. The number of hydrogen-bond acceptors (Lipinski definition) is 4. The Hall–Kier alpha value is -3.41. The lowest BCUT2D eigenvalue weighted by Gasteiger charge is -2.26. The molecule has 1 saturated heterocycles. The number of rotatable bonds is 5. The second-order valence-electron chi connectivity index (χ2n) is 7.77. The molecular formula is C26H25N3O2. The topological polar surface area (TPSA) is 61.4 Å². The third-order valence-corrected chi connectivity index (χ3v) is 5.66. The fraction of sp³-hybridized carbons (Fsp3) is 0.192. The number of hydrogen-bond donors (Lipinski definition) is 2. The number of imidazole rings is 1. The highest BCUT2D eigenvalue weighted by molar-refractivity contribution is 5.81. The molecule has 0 saturated carbocycles. The lowest BCUT2D eigenvalue weighted by molar-refractivity contribution is 0.0339. The number of aromatic nitrogens is 2. The van der Waals surface area contributed by atoms with E-state index in [2.05, 4.69) is 34.1 Å². The Balaban J connectivity index is 1.54. The van der Waals surface area contributed by atoms with Gasteiger partial charge >= 0.3 is 0 Å². The lowest BCUT2D eigenvalue weighted by Crippen LogP contribution is -2.35. The van der Waals surface area contributed by atoms with E-state index in [4.69, 9.17) is 9.72 Å². The van der Waals surface area contributed by atoms with Crippen LogP contribution < -0.4 is 0 Å². The summed E-state index contributed by atoms with van der Waals surface area (Å²) in [6, 6.07) is 26.2. The fourth-order valence-electron chi connectivity index (χ4n) is 3.99. The Bertz CT molecular complexity index is 1090. The van der Waals surface area contributed by atoms with E-state index in [0.717, 1.165) is 65.8 Å². The third kappa shape index (κ3) is 4.24. The molecule has 0 unspecified atom stereocenters. The van der Waals surface area contributed by atoms with Crippen molar-refractivity contribution >= 4 is 0 Å². The quantitative estimate of drug-likeness (QED) is 0.488. The van der Waals surface area contributed by atoms with Crippen molar-refractivity contribution in [3.63, 3.8) is 0 Å². The van der Waals surface area contributed by atoms with Gasteiger partial charge in [0.15, 0.2) is 0 Å². The molecule has 5 nitrogen and oxygen atoms in total. The van der Waals surface area contributed by atoms with E-state index in [-0.39, 0.29) is 0 Å². The highest BCUT2D eigenvalue weighted by atomic mass is 16.5. The molecule has 2 heterocycles. The molecule has 2 N–H and O–H groups in total. The standard InChI is InChI=1S/C26H25N3O2/c30-23-12-11-21(17-22(23)18-29-13-15-31-16-14-29)26-27-24(19-7-3-1-4-8-19)25(28-26)20-9-5-2-6-10-20/h1-12,17,30H,13-16,18H2,(H,27,28). The van der Waals surface area contributed by atoms with E-state index in [1.165, 1.54) is 0 Å². The summed E-state index contributed by atoms with van der Waals surface area (Å²) in [6.45, 7) is 3.92. The van der Waals surface area contributed by atoms with Crippen LogP contribution in [0.1, 0.15) is 5.56 Å². The van der Waals surface area contributed by atoms with Gasteiger partial charge < -0.3 is 14.8 Å². The van der Waals surface area contributed by atoms with Gasteiger partial charge in [-0.1, -0.05) is 60.7 Å². The van der Waals surface area contributed by atoms with Gasteiger partial charge in [-0.2, -0.15) is 0 Å². The average Bonchev–Trinajstić information content (AvgIpc) is 3.28. The first-order valence-corrected chi connectivity index (χ1v) is 10.6. The van der Waals surface area contributed by atoms with Crippen molar-refractivity contribution < 1.29 is 9.84 Å². The normalized spacial score (nSPS) is 14.6. The molecule has 0 radical (unpaired) electrons. The molecule has 0 aliphatic carbocycles. The summed E-state index contributed by atoms with van der Waals surface area (Å²) in [6.07, 6.45) is 0. The van der Waals surface area contributed by atoms with Crippen molar-refractivity contribution in [1.29, 1.82) is 0 Å². The van der Waals surface area contributed by atoms with Gasteiger partial charge in [-0.15, -0.1) is 0 Å². The molecule has 31 heavy (non-hydrogen) atoms. The van der Waals surface area contributed by atoms with Crippen LogP contribution in [0.25, 0.3) is 33.9 Å². The van der Waals surface area contributed by atoms with Gasteiger partial charge in [-0.25, -0.2) is 4.98 Å². The minimum atomic E-state index is 0.313. The monoisotopic (exact) mass is 411 g/mol. The van der Waals surface area contributed by atoms with Crippen LogP contribution in [0.15, 0.2) is 78.9 Å². The smallest absolute Gasteiger partial charge is 0.138 e. The number of phenolic OH excluding ortho intramolecular Hbond substituents is 1. The predicted molar refractivity (Wildman–Crippen MR) is 123 cm³/mol. The van der Waals surface area contributed by atoms with E-state index in [0.29, 0.717) is 12.3 Å². The average molecular weight is 412 g/mol. The zero-order chi connectivity index (χ0) is 21.0. The number of aromatic hydroxyl groups is 1. The van der Waals surface area contributed by atoms with Crippen LogP contribution in [0.3, 0.4) is 0 Å². The van der Waals surface area contributed by atoms with Crippen molar-refractivity contribution in [2.24, 2.45) is 0 Å². The lowest BCUT2D eigenvalue weighted by atomic mass is 10.1. The van der Waals surface area contributed by atoms with Gasteiger partial charge in [0.2, 0.25) is 0 Å². The molecule has 1 fully saturated rings. The minimum Gasteiger partial charge on any atom is -0.508 e. The number of phenols is 1. The number of nitrogens with zero attached hydrogens (tertiary/aromatic N) is 2. The minimum absolute atomic E-state index is 0.313. The Morgan fingerprint density at radius 2 is 1.52 bits per heavy atom. The van der Waals surface area contributed by atoms with Crippen LogP contribution in [0.5, 0.6) is 5.75 Å². The summed E-state index contributed by atoms with van der Waals surface area (Å²) < 4.78 is 5.44. The zero-order valence-electron chi connectivity index (χ0n) is 17.3. The van der Waals surface area contributed by atoms with Crippen LogP contribution in [-0.2, 0) is 11.3 Å². The van der Waals surface area contributed by atoms with Crippen LogP contribution in [0.4, 0.5) is 0 Å². The number of morpholine rings is 1. The highest BCUT2D eigenvalue weighted by Gasteiger charge is 2.17. The van der Waals surface area contributed by atoms with Gasteiger partial charge in [0.05, 0.1) is 24.6 Å². The van der Waals surface area contributed by atoms with Gasteiger partial charge in [0.25, 0.3) is 0 Å². The summed E-state index contributed by atoms with van der Waals surface area (Å²) in [5, 5.41) is 10.4. The summed E-state index contributed by atoms with van der Waals surface area (Å²) in [5.41, 5.74) is 5.93. The maximum absolute atomic E-state index is 10.4. The number of aromatic amines is 1. The molecule has 4 aromatic rings. The first kappa shape index (κ1) is 19.5. The molecule has 0 spiro atoms. The molecule has 1 aliphatic heterocycles. The molecular weight excluding hydrogens is 386 g/mol. The highest BCUT2D eigenvalue weighted by Crippen LogP contribution is 2.34. The molecule has 3 aromatic carbocycles. The molecule has 5 rings (SSSR count). The Morgan fingerprint density at radius 3 is 2.23 bits per heavy atom. The second-order valence-corrected chi connectivity index (χ2v) is 7.77. The maximum atomic E-state index is 10.4. The van der Waals surface area contributed by atoms with Crippen LogP contribution >= 0.6 is 0 Å². The van der Waals surface area contributed by atoms with E-state index >= 15 is 0 Å². The molecule has 1 aromatic heterocycles.